The summed E-state index contributed by atoms with van der Waals surface area (Å²) < 4.78 is 13.8. The van der Waals surface area contributed by atoms with Gasteiger partial charge in [-0.2, -0.15) is 0 Å². The number of likely N-dealkylation sites (tertiary alicyclic amines) is 1. The van der Waals surface area contributed by atoms with Crippen LogP contribution in [-0.4, -0.2) is 118 Å². The highest BCUT2D eigenvalue weighted by molar-refractivity contribution is 5.97. The number of aliphatic imine (C=N–C) groups is 2. The van der Waals surface area contributed by atoms with Crippen LogP contribution in [0.4, 0.5) is 4.39 Å². The van der Waals surface area contributed by atoms with Gasteiger partial charge < -0.3 is 65.0 Å². The van der Waals surface area contributed by atoms with E-state index in [2.05, 4.69) is 31.3 Å². The molecular weight excluding hydrogens is 844 g/mol. The Hall–Kier alpha value is -6.51. The van der Waals surface area contributed by atoms with Gasteiger partial charge in [-0.05, 0) is 92.2 Å². The average molecular weight is 911 g/mol. The van der Waals surface area contributed by atoms with Crippen molar-refractivity contribution >= 4 is 47.4 Å². The van der Waals surface area contributed by atoms with Gasteiger partial charge >= 0.3 is 5.97 Å². The van der Waals surface area contributed by atoms with E-state index in [1.807, 2.05) is 13.8 Å². The van der Waals surface area contributed by atoms with Crippen molar-refractivity contribution in [2.24, 2.45) is 50.5 Å². The number of guanidine groups is 2. The first-order chi connectivity index (χ1) is 30.7. The highest BCUT2D eigenvalue weighted by Gasteiger charge is 2.40. The van der Waals surface area contributed by atoms with Crippen molar-refractivity contribution in [1.29, 1.82) is 0 Å². The minimum atomic E-state index is -1.37. The third-order valence-corrected chi connectivity index (χ3v) is 11.1. The molecule has 20 nitrogen and oxygen atoms in total. The van der Waals surface area contributed by atoms with Crippen LogP contribution in [0.5, 0.6) is 5.75 Å². The maximum absolute atomic E-state index is 14.4. The van der Waals surface area contributed by atoms with E-state index in [9.17, 15) is 43.4 Å². The molecule has 0 aliphatic carbocycles. The largest absolute Gasteiger partial charge is 0.507 e. The number of hydrogen-bond acceptors (Lipinski definition) is 10. The number of hydrogen-bond donors (Lipinski definition) is 11. The summed E-state index contributed by atoms with van der Waals surface area (Å²) in [6, 6.07) is 2.92. The van der Waals surface area contributed by atoms with Gasteiger partial charge in [-0.15, -0.1) is 0 Å². The van der Waals surface area contributed by atoms with Gasteiger partial charge in [0.2, 0.25) is 29.5 Å². The standard InChI is InChI=1S/C44H67FN12O8/c1-5-25(4)36(40(62)55-33(42(64)65)21-24(2)3)56-38(60)32(23-26-12-17-35(58)29(22-26)27-13-15-28(45)16-14-27)54-39(61)34-11-8-20-57(34)41(63)31(10-7-19-52-44(49)50)53-37(59)30(46)9-6-18-51-43(47)48/h12-17,22,24-25,30-34,36,58H,5-11,18-21,23,46H2,1-4H3,(H,53,59)(H,54,61)(H,55,62)(H,56,60)(H,64,65)(H4,47,48,51)(H4,49,50,52)/t25-,30-,31-,32-,33-,34-,36-/m0/s1. The maximum atomic E-state index is 14.4. The Morgan fingerprint density at radius 1 is 0.815 bits per heavy atom. The molecule has 1 heterocycles. The second-order valence-electron chi connectivity index (χ2n) is 16.8. The van der Waals surface area contributed by atoms with Gasteiger partial charge in [0.15, 0.2) is 11.9 Å². The Morgan fingerprint density at radius 2 is 1.43 bits per heavy atom. The first kappa shape index (κ1) is 52.8. The van der Waals surface area contributed by atoms with E-state index in [1.54, 1.807) is 26.0 Å². The lowest BCUT2D eigenvalue weighted by Crippen LogP contribution is -2.60. The Kier molecular flexibility index (Phi) is 20.9. The summed E-state index contributed by atoms with van der Waals surface area (Å²) in [6.45, 7) is 7.69. The van der Waals surface area contributed by atoms with Crippen LogP contribution in [0, 0.1) is 17.7 Å². The van der Waals surface area contributed by atoms with Gasteiger partial charge in [0.25, 0.3) is 0 Å². The number of carboxylic acids is 1. The maximum Gasteiger partial charge on any atom is 0.326 e. The summed E-state index contributed by atoms with van der Waals surface area (Å²) >= 11 is 0. The highest BCUT2D eigenvalue weighted by atomic mass is 19.1. The number of aromatic hydroxyl groups is 1. The second kappa shape index (κ2) is 25.7. The molecule has 2 aromatic carbocycles. The van der Waals surface area contributed by atoms with Gasteiger partial charge in [-0.1, -0.05) is 52.3 Å². The number of halogens is 1. The minimum Gasteiger partial charge on any atom is -0.507 e. The summed E-state index contributed by atoms with van der Waals surface area (Å²) in [5.74, 6) is -6.01. The molecule has 7 atom stereocenters. The third-order valence-electron chi connectivity index (χ3n) is 11.1. The SMILES string of the molecule is CC[C@H](C)[C@H](NC(=O)[C@H](Cc1ccc(O)c(-c2ccc(F)cc2)c1)NC(=O)[C@@H]1CCCN1C(=O)[C@H](CCCN=C(N)N)NC(=O)[C@@H](N)CCCN=C(N)N)C(=O)N[C@@H](CC(C)C)C(=O)O. The Bertz CT molecular complexity index is 2010. The molecule has 0 saturated carbocycles. The van der Waals surface area contributed by atoms with Crippen molar-refractivity contribution < 1.29 is 43.4 Å². The van der Waals surface area contributed by atoms with Crippen molar-refractivity contribution in [3.8, 4) is 16.9 Å². The molecule has 21 heteroatoms. The topological polar surface area (TPSA) is 349 Å². The summed E-state index contributed by atoms with van der Waals surface area (Å²) in [4.78, 5) is 91.3. The smallest absolute Gasteiger partial charge is 0.326 e. The Labute approximate surface area is 378 Å². The van der Waals surface area contributed by atoms with E-state index >= 15 is 0 Å². The molecule has 0 radical (unpaired) electrons. The predicted octanol–water partition coefficient (Wildman–Crippen LogP) is 0.282. The van der Waals surface area contributed by atoms with E-state index < -0.39 is 83.5 Å². The van der Waals surface area contributed by atoms with E-state index in [1.165, 1.54) is 35.2 Å². The summed E-state index contributed by atoms with van der Waals surface area (Å²) in [7, 11) is 0. The number of carboxylic acid groups (broad SMARTS) is 1. The normalized spacial score (nSPS) is 16.2. The van der Waals surface area contributed by atoms with Gasteiger partial charge in [0.1, 0.15) is 41.8 Å². The van der Waals surface area contributed by atoms with E-state index in [4.69, 9.17) is 28.7 Å². The highest BCUT2D eigenvalue weighted by Crippen LogP contribution is 2.31. The Morgan fingerprint density at radius 3 is 2.02 bits per heavy atom. The molecule has 0 bridgehead atoms. The number of aliphatic carboxylic acids is 1. The van der Waals surface area contributed by atoms with Gasteiger partial charge in [0, 0.05) is 31.6 Å². The third kappa shape index (κ3) is 16.9. The number of rotatable bonds is 25. The summed E-state index contributed by atoms with van der Waals surface area (Å²) in [6.07, 6.45) is 1.99. The van der Waals surface area contributed by atoms with Crippen molar-refractivity contribution in [3.05, 3.63) is 53.8 Å². The van der Waals surface area contributed by atoms with Crippen LogP contribution in [0.15, 0.2) is 52.4 Å². The van der Waals surface area contributed by atoms with Crippen LogP contribution < -0.4 is 49.9 Å². The van der Waals surface area contributed by atoms with Crippen molar-refractivity contribution in [2.75, 3.05) is 19.6 Å². The molecule has 65 heavy (non-hydrogen) atoms. The number of carbonyl (C=O) groups excluding carboxylic acids is 5. The molecule has 0 spiro atoms. The van der Waals surface area contributed by atoms with Crippen LogP contribution in [0.3, 0.4) is 0 Å². The molecular formula is C44H67FN12O8. The average Bonchev–Trinajstić information content (AvgIpc) is 3.75. The molecule has 358 valence electrons. The first-order valence-corrected chi connectivity index (χ1v) is 21.9. The molecule has 1 saturated heterocycles. The molecule has 3 rings (SSSR count). The number of phenolic OH excluding ortho intramolecular Hbond substituents is 1. The van der Waals surface area contributed by atoms with E-state index in [0.29, 0.717) is 36.0 Å². The number of amides is 5. The quantitative estimate of drug-likeness (QED) is 0.0363. The van der Waals surface area contributed by atoms with Gasteiger partial charge in [-0.3, -0.25) is 34.0 Å². The first-order valence-electron chi connectivity index (χ1n) is 21.9. The molecule has 1 fully saturated rings. The molecule has 16 N–H and O–H groups in total. The van der Waals surface area contributed by atoms with Crippen LogP contribution in [0.25, 0.3) is 11.1 Å². The van der Waals surface area contributed by atoms with Crippen molar-refractivity contribution in [3.63, 3.8) is 0 Å². The lowest BCUT2D eigenvalue weighted by atomic mass is 9.95. The number of nitrogens with one attached hydrogen (secondary N) is 4. The fourth-order valence-electron chi connectivity index (χ4n) is 7.39. The van der Waals surface area contributed by atoms with Crippen LogP contribution >= 0.6 is 0 Å². The van der Waals surface area contributed by atoms with E-state index in [-0.39, 0.29) is 81.7 Å². The number of benzene rings is 2. The lowest BCUT2D eigenvalue weighted by Gasteiger charge is -2.31. The number of nitrogens with two attached hydrogens (primary N) is 5. The monoisotopic (exact) mass is 911 g/mol. The van der Waals surface area contributed by atoms with Gasteiger partial charge in [0.05, 0.1) is 6.04 Å². The minimum absolute atomic E-state index is 0.0681. The zero-order chi connectivity index (χ0) is 48.4. The summed E-state index contributed by atoms with van der Waals surface area (Å²) in [5, 5.41) is 31.4. The zero-order valence-corrected chi connectivity index (χ0v) is 37.6. The van der Waals surface area contributed by atoms with Crippen molar-refractivity contribution in [1.82, 2.24) is 26.2 Å². The molecule has 1 aliphatic heterocycles. The fraction of sp³-hybridized carbons (Fsp3) is 0.545. The van der Waals surface area contributed by atoms with Gasteiger partial charge in [-0.25, -0.2) is 9.18 Å². The van der Waals surface area contributed by atoms with E-state index in [0.717, 1.165) is 0 Å². The van der Waals surface area contributed by atoms with Crippen LogP contribution in [0.1, 0.15) is 84.6 Å². The zero-order valence-electron chi connectivity index (χ0n) is 37.6. The molecule has 0 aromatic heterocycles. The number of phenols is 1. The number of carbonyl (C=O) groups is 6. The molecule has 2 aromatic rings. The Balaban J connectivity index is 1.96. The molecule has 1 aliphatic rings. The summed E-state index contributed by atoms with van der Waals surface area (Å²) in [5.41, 5.74) is 29.2. The molecule has 5 amide bonds. The van der Waals surface area contributed by atoms with Crippen LogP contribution in [-0.2, 0) is 35.2 Å². The van der Waals surface area contributed by atoms with Crippen LogP contribution in [0.2, 0.25) is 0 Å². The number of nitrogens with zero attached hydrogens (tertiary/aromatic N) is 3. The van der Waals surface area contributed by atoms with Crippen molar-refractivity contribution in [2.45, 2.75) is 122 Å². The second-order valence-corrected chi connectivity index (χ2v) is 16.8. The fourth-order valence-corrected chi connectivity index (χ4v) is 7.39. The molecule has 0 unspecified atom stereocenters. The predicted molar refractivity (Wildman–Crippen MR) is 244 cm³/mol. The lowest BCUT2D eigenvalue weighted by molar-refractivity contribution is -0.143.